The van der Waals surface area contributed by atoms with Crippen LogP contribution in [0.15, 0.2) is 58.5 Å². The fourth-order valence-electron chi connectivity index (χ4n) is 3.55. The Bertz CT molecular complexity index is 1070. The highest BCUT2D eigenvalue weighted by Crippen LogP contribution is 2.37. The first-order chi connectivity index (χ1) is 12.5. The second-order valence-electron chi connectivity index (χ2n) is 6.47. The number of fused-ring (bicyclic) bond motifs is 3. The molecule has 5 nitrogen and oxygen atoms in total. The highest BCUT2D eigenvalue weighted by Gasteiger charge is 2.28. The van der Waals surface area contributed by atoms with Gasteiger partial charge in [0.05, 0.1) is 23.4 Å². The summed E-state index contributed by atoms with van der Waals surface area (Å²) in [4.78, 5) is 5.01. The summed E-state index contributed by atoms with van der Waals surface area (Å²) in [6.07, 6.45) is 4.72. The van der Waals surface area contributed by atoms with Crippen molar-refractivity contribution >= 4 is 9.84 Å². The molecule has 3 aromatic rings. The molecule has 2 aromatic heterocycles. The summed E-state index contributed by atoms with van der Waals surface area (Å²) in [6, 6.07) is 12.3. The molecule has 0 N–H and O–H groups in total. The molecule has 1 aliphatic carbocycles. The van der Waals surface area contributed by atoms with Crippen molar-refractivity contribution in [2.24, 2.45) is 7.05 Å². The van der Waals surface area contributed by atoms with Crippen LogP contribution in [0.25, 0.3) is 11.4 Å². The summed E-state index contributed by atoms with van der Waals surface area (Å²) in [5, 5.41) is 0. The molecule has 0 saturated carbocycles. The van der Waals surface area contributed by atoms with Crippen LogP contribution in [-0.2, 0) is 29.7 Å². The molecule has 4 rings (SSSR count). The lowest BCUT2D eigenvalue weighted by atomic mass is 10.1. The Kier molecular flexibility index (Phi) is 4.07. The zero-order chi connectivity index (χ0) is 18.3. The minimum Gasteiger partial charge on any atom is -0.480 e. The molecular weight excluding hydrogens is 348 g/mol. The number of ether oxygens (including phenoxy) is 1. The van der Waals surface area contributed by atoms with Crippen molar-refractivity contribution in [2.45, 2.75) is 29.1 Å². The van der Waals surface area contributed by atoms with Crippen molar-refractivity contribution in [3.63, 3.8) is 0 Å². The molecule has 0 saturated heterocycles. The number of nitrogens with zero attached hydrogens (tertiary/aromatic N) is 2. The van der Waals surface area contributed by atoms with E-state index in [9.17, 15) is 8.42 Å². The molecule has 0 radical (unpaired) electrons. The molecule has 0 bridgehead atoms. The molecule has 1 aromatic carbocycles. The third-order valence-electron chi connectivity index (χ3n) is 4.84. The van der Waals surface area contributed by atoms with Crippen LogP contribution in [0.3, 0.4) is 0 Å². The van der Waals surface area contributed by atoms with Gasteiger partial charge in [0.1, 0.15) is 4.90 Å². The van der Waals surface area contributed by atoms with E-state index in [0.717, 1.165) is 36.2 Å². The quantitative estimate of drug-likeness (QED) is 0.711. The number of pyridine rings is 1. The van der Waals surface area contributed by atoms with Gasteiger partial charge in [-0.1, -0.05) is 18.2 Å². The highest BCUT2D eigenvalue weighted by atomic mass is 32.2. The number of hydrogen-bond donors (Lipinski definition) is 0. The van der Waals surface area contributed by atoms with E-state index >= 15 is 0 Å². The fraction of sp³-hybridized carbons (Fsp3) is 0.250. The Morgan fingerprint density at radius 2 is 1.81 bits per heavy atom. The fourth-order valence-corrected chi connectivity index (χ4v) is 4.98. The highest BCUT2D eigenvalue weighted by molar-refractivity contribution is 7.91. The molecular formula is C20H20N2O3S. The Labute approximate surface area is 153 Å². The first-order valence-electron chi connectivity index (χ1n) is 8.55. The first-order valence-corrected chi connectivity index (χ1v) is 10.0. The van der Waals surface area contributed by atoms with E-state index in [4.69, 9.17) is 4.74 Å². The number of rotatable bonds is 3. The average molecular weight is 368 g/mol. The zero-order valence-electron chi connectivity index (χ0n) is 14.8. The Hall–Kier alpha value is -2.60. The molecule has 6 heteroatoms. The summed E-state index contributed by atoms with van der Waals surface area (Å²) in [7, 11) is -0.253. The maximum absolute atomic E-state index is 13.1. The van der Waals surface area contributed by atoms with Crippen LogP contribution in [0.2, 0.25) is 0 Å². The van der Waals surface area contributed by atoms with Gasteiger partial charge < -0.3 is 9.30 Å². The lowest BCUT2D eigenvalue weighted by Gasteiger charge is -2.15. The molecule has 2 heterocycles. The molecule has 0 amide bonds. The van der Waals surface area contributed by atoms with Gasteiger partial charge in [0.25, 0.3) is 0 Å². The van der Waals surface area contributed by atoms with Gasteiger partial charge in [0.2, 0.25) is 15.7 Å². The van der Waals surface area contributed by atoms with Crippen molar-refractivity contribution < 1.29 is 13.2 Å². The molecule has 0 atom stereocenters. The van der Waals surface area contributed by atoms with Gasteiger partial charge in [-0.3, -0.25) is 0 Å². The average Bonchev–Trinajstić information content (AvgIpc) is 2.92. The maximum Gasteiger partial charge on any atom is 0.233 e. The van der Waals surface area contributed by atoms with Crippen LogP contribution < -0.4 is 4.74 Å². The van der Waals surface area contributed by atoms with Crippen LogP contribution in [0.4, 0.5) is 0 Å². The summed E-state index contributed by atoms with van der Waals surface area (Å²) in [6.45, 7) is 0. The third-order valence-corrected chi connectivity index (χ3v) is 6.61. The van der Waals surface area contributed by atoms with E-state index in [-0.39, 0.29) is 15.7 Å². The third kappa shape index (κ3) is 2.61. The first kappa shape index (κ1) is 16.8. The normalized spacial score (nSPS) is 13.6. The van der Waals surface area contributed by atoms with Crippen LogP contribution in [0.5, 0.6) is 5.88 Å². The number of hydrogen-bond acceptors (Lipinski definition) is 4. The topological polar surface area (TPSA) is 61.2 Å². The maximum atomic E-state index is 13.1. The van der Waals surface area contributed by atoms with E-state index in [1.807, 2.05) is 17.8 Å². The lowest BCUT2D eigenvalue weighted by molar-refractivity contribution is 0.385. The van der Waals surface area contributed by atoms with Crippen molar-refractivity contribution in [1.82, 2.24) is 9.55 Å². The van der Waals surface area contributed by atoms with Crippen LogP contribution in [0, 0.1) is 0 Å². The van der Waals surface area contributed by atoms with Crippen molar-refractivity contribution in [1.29, 1.82) is 0 Å². The van der Waals surface area contributed by atoms with E-state index in [1.54, 1.807) is 36.4 Å². The number of methoxy groups -OCH3 is 1. The second-order valence-corrected chi connectivity index (χ2v) is 8.39. The van der Waals surface area contributed by atoms with Gasteiger partial charge in [0, 0.05) is 13.2 Å². The van der Waals surface area contributed by atoms with Gasteiger partial charge in [-0.15, -0.1) is 0 Å². The summed E-state index contributed by atoms with van der Waals surface area (Å²) in [5.41, 5.74) is 4.04. The molecule has 134 valence electrons. The van der Waals surface area contributed by atoms with Crippen LogP contribution in [0.1, 0.15) is 17.5 Å². The number of benzene rings is 1. The van der Waals surface area contributed by atoms with E-state index < -0.39 is 9.84 Å². The van der Waals surface area contributed by atoms with Gasteiger partial charge >= 0.3 is 0 Å². The summed E-state index contributed by atoms with van der Waals surface area (Å²) >= 11 is 0. The Morgan fingerprint density at radius 3 is 2.54 bits per heavy atom. The standard InChI is InChI=1S/C20H20N2O3S/c1-22-12-11-14-7-6-8-15-13-17(20(25-2)21-18(15)19(14)22)26(23,24)16-9-4-3-5-10-16/h3-5,9-13H,6-8H2,1-2H3. The monoisotopic (exact) mass is 368 g/mol. The summed E-state index contributed by atoms with van der Waals surface area (Å²) < 4.78 is 33.7. The SMILES string of the molecule is COc1nc2c(cc1S(=O)(=O)c1ccccc1)CCCc1ccn(C)c1-2. The molecule has 0 spiro atoms. The molecule has 0 aliphatic heterocycles. The van der Waals surface area contributed by atoms with E-state index in [1.165, 1.54) is 12.7 Å². The second kappa shape index (κ2) is 6.29. The Balaban J connectivity index is 1.95. The molecule has 26 heavy (non-hydrogen) atoms. The van der Waals surface area contributed by atoms with Crippen molar-refractivity contribution in [3.8, 4) is 17.3 Å². The predicted octanol–water partition coefficient (Wildman–Crippen LogP) is 3.42. The van der Waals surface area contributed by atoms with Gasteiger partial charge in [-0.05, 0) is 54.7 Å². The number of aryl methyl sites for hydroxylation is 3. The largest absolute Gasteiger partial charge is 0.480 e. The Morgan fingerprint density at radius 1 is 1.08 bits per heavy atom. The zero-order valence-corrected chi connectivity index (χ0v) is 15.6. The van der Waals surface area contributed by atoms with Crippen LogP contribution in [-0.4, -0.2) is 25.1 Å². The predicted molar refractivity (Wildman–Crippen MR) is 99.1 cm³/mol. The van der Waals surface area contributed by atoms with Gasteiger partial charge in [0.15, 0.2) is 0 Å². The van der Waals surface area contributed by atoms with Gasteiger partial charge in [-0.2, -0.15) is 0 Å². The van der Waals surface area contributed by atoms with E-state index in [2.05, 4.69) is 11.1 Å². The minimum absolute atomic E-state index is 0.127. The van der Waals surface area contributed by atoms with E-state index in [0.29, 0.717) is 0 Å². The molecule has 0 unspecified atom stereocenters. The van der Waals surface area contributed by atoms with Gasteiger partial charge in [-0.25, -0.2) is 13.4 Å². The molecule has 0 fully saturated rings. The smallest absolute Gasteiger partial charge is 0.233 e. The number of aromatic nitrogens is 2. The molecule has 1 aliphatic rings. The number of sulfone groups is 1. The lowest BCUT2D eigenvalue weighted by Crippen LogP contribution is -2.08. The van der Waals surface area contributed by atoms with Crippen molar-refractivity contribution in [3.05, 3.63) is 59.8 Å². The van der Waals surface area contributed by atoms with Crippen LogP contribution >= 0.6 is 0 Å². The minimum atomic E-state index is -3.70. The summed E-state index contributed by atoms with van der Waals surface area (Å²) in [5.74, 6) is 0.140. The van der Waals surface area contributed by atoms with Crippen molar-refractivity contribution in [2.75, 3.05) is 7.11 Å².